The van der Waals surface area contributed by atoms with Gasteiger partial charge in [-0.15, -0.1) is 0 Å². The number of esters is 1. The number of hydrogen-bond donors (Lipinski definition) is 1. The standard InChI is InChI=1S/C13H17BrClNO4/c1-18-12(19-2)7-11(13(17)20-3)16-8-4-5-10(15)9(14)6-8/h4-6,11-12,16H,7H2,1-3H3. The number of anilines is 1. The summed E-state index contributed by atoms with van der Waals surface area (Å²) in [6, 6.07) is 4.70. The van der Waals surface area contributed by atoms with Crippen LogP contribution in [0.2, 0.25) is 5.02 Å². The van der Waals surface area contributed by atoms with Crippen LogP contribution < -0.4 is 5.32 Å². The minimum Gasteiger partial charge on any atom is -0.467 e. The number of ether oxygens (including phenoxy) is 3. The van der Waals surface area contributed by atoms with Gasteiger partial charge in [-0.1, -0.05) is 11.6 Å². The Morgan fingerprint density at radius 1 is 1.35 bits per heavy atom. The van der Waals surface area contributed by atoms with Crippen LogP contribution in [0.3, 0.4) is 0 Å². The molecule has 0 aliphatic rings. The van der Waals surface area contributed by atoms with Crippen molar-refractivity contribution in [2.45, 2.75) is 18.8 Å². The molecule has 0 saturated carbocycles. The summed E-state index contributed by atoms with van der Waals surface area (Å²) in [5.41, 5.74) is 0.739. The van der Waals surface area contributed by atoms with Gasteiger partial charge in [-0.25, -0.2) is 4.79 Å². The summed E-state index contributed by atoms with van der Waals surface area (Å²) in [6.45, 7) is 0. The Morgan fingerprint density at radius 2 is 2.00 bits per heavy atom. The van der Waals surface area contributed by atoms with Crippen LogP contribution in [0.1, 0.15) is 6.42 Å². The van der Waals surface area contributed by atoms with Crippen LogP contribution in [0.15, 0.2) is 22.7 Å². The topological polar surface area (TPSA) is 56.8 Å². The van der Waals surface area contributed by atoms with E-state index in [2.05, 4.69) is 21.2 Å². The highest BCUT2D eigenvalue weighted by Crippen LogP contribution is 2.26. The van der Waals surface area contributed by atoms with E-state index in [0.29, 0.717) is 11.4 Å². The number of carbonyl (C=O) groups is 1. The van der Waals surface area contributed by atoms with Gasteiger partial charge in [0, 0.05) is 30.8 Å². The molecule has 0 fully saturated rings. The third-order valence-corrected chi connectivity index (χ3v) is 3.91. The Balaban J connectivity index is 2.83. The minimum absolute atomic E-state index is 0.319. The third kappa shape index (κ3) is 4.94. The second-order valence-corrected chi connectivity index (χ2v) is 5.25. The molecule has 1 aromatic rings. The molecule has 1 atom stereocenters. The summed E-state index contributed by atoms with van der Waals surface area (Å²) in [7, 11) is 4.37. The largest absolute Gasteiger partial charge is 0.467 e. The first kappa shape index (κ1) is 17.2. The molecule has 5 nitrogen and oxygen atoms in total. The number of benzene rings is 1. The summed E-state index contributed by atoms with van der Waals surface area (Å²) in [4.78, 5) is 11.8. The van der Waals surface area contributed by atoms with Gasteiger partial charge in [0.1, 0.15) is 6.04 Å². The van der Waals surface area contributed by atoms with Crippen molar-refractivity contribution in [2.75, 3.05) is 26.6 Å². The lowest BCUT2D eigenvalue weighted by Crippen LogP contribution is -2.35. The van der Waals surface area contributed by atoms with Crippen molar-refractivity contribution in [3.8, 4) is 0 Å². The first-order chi connectivity index (χ1) is 9.51. The van der Waals surface area contributed by atoms with Crippen LogP contribution in [0, 0.1) is 0 Å². The fourth-order valence-electron chi connectivity index (χ4n) is 1.62. The normalized spacial score (nSPS) is 12.3. The molecule has 1 N–H and O–H groups in total. The monoisotopic (exact) mass is 365 g/mol. The lowest BCUT2D eigenvalue weighted by Gasteiger charge is -2.22. The summed E-state index contributed by atoms with van der Waals surface area (Å²) >= 11 is 9.26. The van der Waals surface area contributed by atoms with Gasteiger partial charge in [0.05, 0.1) is 12.1 Å². The number of carbonyl (C=O) groups excluding carboxylic acids is 1. The molecule has 20 heavy (non-hydrogen) atoms. The lowest BCUT2D eigenvalue weighted by atomic mass is 10.2. The molecule has 0 bridgehead atoms. The number of methoxy groups -OCH3 is 3. The molecule has 112 valence electrons. The molecule has 0 aliphatic heterocycles. The van der Waals surface area contributed by atoms with E-state index in [0.717, 1.165) is 10.2 Å². The van der Waals surface area contributed by atoms with Crippen molar-refractivity contribution >= 4 is 39.2 Å². The van der Waals surface area contributed by atoms with Crippen LogP contribution in [-0.2, 0) is 19.0 Å². The van der Waals surface area contributed by atoms with Crippen molar-refractivity contribution in [2.24, 2.45) is 0 Å². The Hall–Kier alpha value is -0.820. The summed E-state index contributed by atoms with van der Waals surface area (Å²) < 4.78 is 15.7. The Labute approximate surface area is 131 Å². The SMILES string of the molecule is COC(=O)C(CC(OC)OC)Nc1ccc(Cl)c(Br)c1. The van der Waals surface area contributed by atoms with Crippen molar-refractivity contribution in [1.82, 2.24) is 0 Å². The predicted molar refractivity (Wildman–Crippen MR) is 81.0 cm³/mol. The molecule has 1 rings (SSSR count). The first-order valence-electron chi connectivity index (χ1n) is 5.86. The molecule has 0 saturated heterocycles. The molecule has 7 heteroatoms. The second-order valence-electron chi connectivity index (χ2n) is 3.99. The zero-order chi connectivity index (χ0) is 15.1. The zero-order valence-corrected chi connectivity index (χ0v) is 13.8. The predicted octanol–water partition coefficient (Wildman–Crippen LogP) is 3.07. The highest BCUT2D eigenvalue weighted by molar-refractivity contribution is 9.10. The Morgan fingerprint density at radius 3 is 2.50 bits per heavy atom. The molecule has 1 unspecified atom stereocenters. The van der Waals surface area contributed by atoms with E-state index in [1.54, 1.807) is 18.2 Å². The first-order valence-corrected chi connectivity index (χ1v) is 7.04. The summed E-state index contributed by atoms with van der Waals surface area (Å²) in [6.07, 6.45) is -0.178. The van der Waals surface area contributed by atoms with Gasteiger partial charge >= 0.3 is 5.97 Å². The maximum Gasteiger partial charge on any atom is 0.328 e. The van der Waals surface area contributed by atoms with Crippen molar-refractivity contribution in [3.05, 3.63) is 27.7 Å². The number of rotatable bonds is 7. The average Bonchev–Trinajstić information content (AvgIpc) is 2.46. The molecule has 1 aromatic carbocycles. The van der Waals surface area contributed by atoms with E-state index in [9.17, 15) is 4.79 Å². The van der Waals surface area contributed by atoms with Crippen molar-refractivity contribution in [1.29, 1.82) is 0 Å². The van der Waals surface area contributed by atoms with Crippen LogP contribution in [0.25, 0.3) is 0 Å². The number of halogens is 2. The molecule has 0 spiro atoms. The summed E-state index contributed by atoms with van der Waals surface area (Å²) in [5, 5.41) is 3.67. The van der Waals surface area contributed by atoms with Gasteiger partial charge in [0.25, 0.3) is 0 Å². The average molecular weight is 367 g/mol. The van der Waals surface area contributed by atoms with Gasteiger partial charge in [-0.05, 0) is 34.1 Å². The summed E-state index contributed by atoms with van der Waals surface area (Å²) in [5.74, 6) is -0.393. The van der Waals surface area contributed by atoms with E-state index in [1.807, 2.05) is 0 Å². The van der Waals surface area contributed by atoms with Crippen LogP contribution in [0.5, 0.6) is 0 Å². The highest BCUT2D eigenvalue weighted by Gasteiger charge is 2.23. The molecule has 0 radical (unpaired) electrons. The van der Waals surface area contributed by atoms with Gasteiger partial charge in [-0.3, -0.25) is 0 Å². The fourth-order valence-corrected chi connectivity index (χ4v) is 2.12. The van der Waals surface area contributed by atoms with Gasteiger partial charge in [-0.2, -0.15) is 0 Å². The van der Waals surface area contributed by atoms with E-state index in [1.165, 1.54) is 21.3 Å². The maximum atomic E-state index is 11.8. The van der Waals surface area contributed by atoms with Crippen molar-refractivity contribution < 1.29 is 19.0 Å². The van der Waals surface area contributed by atoms with E-state index in [-0.39, 0.29) is 0 Å². The molecule has 0 amide bonds. The highest BCUT2D eigenvalue weighted by atomic mass is 79.9. The smallest absolute Gasteiger partial charge is 0.328 e. The zero-order valence-electron chi connectivity index (χ0n) is 11.5. The molecular weight excluding hydrogens is 350 g/mol. The van der Waals surface area contributed by atoms with E-state index >= 15 is 0 Å². The van der Waals surface area contributed by atoms with Gasteiger partial charge in [0.2, 0.25) is 0 Å². The number of nitrogens with one attached hydrogen (secondary N) is 1. The van der Waals surface area contributed by atoms with Crippen molar-refractivity contribution in [3.63, 3.8) is 0 Å². The maximum absolute atomic E-state index is 11.8. The quantitative estimate of drug-likeness (QED) is 0.594. The van der Waals surface area contributed by atoms with E-state index < -0.39 is 18.3 Å². The molecule has 0 aromatic heterocycles. The van der Waals surface area contributed by atoms with Gasteiger partial charge < -0.3 is 19.5 Å². The Bertz CT molecular complexity index is 454. The Kier molecular flexibility index (Phi) is 7.29. The second kappa shape index (κ2) is 8.46. The van der Waals surface area contributed by atoms with Crippen LogP contribution >= 0.6 is 27.5 Å². The van der Waals surface area contributed by atoms with Gasteiger partial charge in [0.15, 0.2) is 6.29 Å². The minimum atomic E-state index is -0.585. The number of hydrogen-bond acceptors (Lipinski definition) is 5. The molecule has 0 heterocycles. The lowest BCUT2D eigenvalue weighted by molar-refractivity contribution is -0.147. The van der Waals surface area contributed by atoms with E-state index in [4.69, 9.17) is 25.8 Å². The molecule has 0 aliphatic carbocycles. The molecular formula is C13H17BrClNO4. The van der Waals surface area contributed by atoms with Crippen LogP contribution in [-0.4, -0.2) is 39.6 Å². The fraction of sp³-hybridized carbons (Fsp3) is 0.462. The van der Waals surface area contributed by atoms with Crippen LogP contribution in [0.4, 0.5) is 5.69 Å². The third-order valence-electron chi connectivity index (χ3n) is 2.70.